The predicted molar refractivity (Wildman–Crippen MR) is 118 cm³/mol. The van der Waals surface area contributed by atoms with E-state index < -0.39 is 15.4 Å². The number of ether oxygens (including phenoxy) is 3. The number of nitrogens with zero attached hydrogens (tertiary/aromatic N) is 1. The number of benzene rings is 1. The second-order valence-corrected chi connectivity index (χ2v) is 11.6. The third-order valence-corrected chi connectivity index (χ3v) is 6.78. The van der Waals surface area contributed by atoms with Gasteiger partial charge < -0.3 is 19.1 Å². The molecule has 0 unspecified atom stereocenters. The van der Waals surface area contributed by atoms with Crippen molar-refractivity contribution in [3.8, 4) is 5.75 Å². The van der Waals surface area contributed by atoms with E-state index in [1.807, 2.05) is 20.8 Å². The number of carbonyl (C=O) groups excluding carboxylic acids is 1. The molecule has 1 aliphatic heterocycles. The summed E-state index contributed by atoms with van der Waals surface area (Å²) in [5.74, 6) is 0.700. The standard InChI is InChI=1S/C23H35NO6S/c1-23(2,3)30-22(25)24-15-13-20(14-16-24)29-18-7-5-17(6-8-18)28-19-9-11-21(12-10-19)31(4,26)27/h9-12,17-18,20H,5-8,13-16H2,1-4H3/t17-,18-. The highest BCUT2D eigenvalue weighted by molar-refractivity contribution is 7.90. The molecule has 0 aromatic heterocycles. The van der Waals surface area contributed by atoms with Crippen LogP contribution in [0, 0.1) is 0 Å². The Morgan fingerprint density at radius 2 is 1.42 bits per heavy atom. The zero-order valence-electron chi connectivity index (χ0n) is 19.0. The van der Waals surface area contributed by atoms with Crippen molar-refractivity contribution in [3.05, 3.63) is 24.3 Å². The molecule has 1 amide bonds. The van der Waals surface area contributed by atoms with E-state index in [-0.39, 0.29) is 24.4 Å². The summed E-state index contributed by atoms with van der Waals surface area (Å²) in [7, 11) is -3.19. The summed E-state index contributed by atoms with van der Waals surface area (Å²) in [4.78, 5) is 14.3. The van der Waals surface area contributed by atoms with Crippen molar-refractivity contribution in [1.82, 2.24) is 4.90 Å². The minimum atomic E-state index is -3.19. The Hall–Kier alpha value is -1.80. The highest BCUT2D eigenvalue weighted by atomic mass is 32.2. The van der Waals surface area contributed by atoms with Gasteiger partial charge in [-0.25, -0.2) is 13.2 Å². The van der Waals surface area contributed by atoms with Crippen molar-refractivity contribution >= 4 is 15.9 Å². The normalized spacial score (nSPS) is 23.4. The Bertz CT molecular complexity index is 830. The molecule has 0 radical (unpaired) electrons. The topological polar surface area (TPSA) is 82.1 Å². The van der Waals surface area contributed by atoms with Crippen LogP contribution in [-0.4, -0.2) is 62.7 Å². The maximum atomic E-state index is 12.2. The van der Waals surface area contributed by atoms with Gasteiger partial charge in [-0.3, -0.25) is 0 Å². The van der Waals surface area contributed by atoms with Gasteiger partial charge in [0.25, 0.3) is 0 Å². The molecule has 0 atom stereocenters. The van der Waals surface area contributed by atoms with E-state index in [2.05, 4.69) is 0 Å². The monoisotopic (exact) mass is 453 g/mol. The number of amides is 1. The number of carbonyl (C=O) groups is 1. The van der Waals surface area contributed by atoms with E-state index in [4.69, 9.17) is 14.2 Å². The van der Waals surface area contributed by atoms with E-state index in [1.165, 1.54) is 6.26 Å². The van der Waals surface area contributed by atoms with Crippen molar-refractivity contribution in [3.63, 3.8) is 0 Å². The number of hydrogen-bond donors (Lipinski definition) is 0. The Balaban J connectivity index is 1.37. The minimum Gasteiger partial charge on any atom is -0.490 e. The van der Waals surface area contributed by atoms with Crippen LogP contribution in [0.1, 0.15) is 59.3 Å². The quantitative estimate of drug-likeness (QED) is 0.665. The molecule has 2 aliphatic rings. The zero-order valence-corrected chi connectivity index (χ0v) is 19.8. The average Bonchev–Trinajstić information content (AvgIpc) is 2.68. The lowest BCUT2D eigenvalue weighted by Crippen LogP contribution is -2.44. The van der Waals surface area contributed by atoms with Crippen LogP contribution in [0.4, 0.5) is 4.79 Å². The molecule has 0 spiro atoms. The van der Waals surface area contributed by atoms with Crippen LogP contribution in [0.25, 0.3) is 0 Å². The molecule has 1 heterocycles. The van der Waals surface area contributed by atoms with Crippen LogP contribution in [-0.2, 0) is 19.3 Å². The van der Waals surface area contributed by atoms with Crippen LogP contribution in [0.3, 0.4) is 0 Å². The van der Waals surface area contributed by atoms with Crippen molar-refractivity contribution in [1.29, 1.82) is 0 Å². The number of hydrogen-bond acceptors (Lipinski definition) is 6. The molecule has 1 aromatic carbocycles. The van der Waals surface area contributed by atoms with Crippen molar-refractivity contribution in [2.24, 2.45) is 0 Å². The first kappa shape index (κ1) is 23.9. The minimum absolute atomic E-state index is 0.123. The van der Waals surface area contributed by atoms with E-state index >= 15 is 0 Å². The van der Waals surface area contributed by atoms with Gasteiger partial charge in [0.2, 0.25) is 0 Å². The molecular formula is C23H35NO6S. The maximum Gasteiger partial charge on any atom is 0.410 e. The number of piperidine rings is 1. The Morgan fingerprint density at radius 1 is 0.903 bits per heavy atom. The van der Waals surface area contributed by atoms with Gasteiger partial charge >= 0.3 is 6.09 Å². The van der Waals surface area contributed by atoms with Crippen molar-refractivity contribution in [2.75, 3.05) is 19.3 Å². The summed E-state index contributed by atoms with van der Waals surface area (Å²) in [6, 6.07) is 6.61. The molecule has 1 aromatic rings. The molecule has 2 fully saturated rings. The van der Waals surface area contributed by atoms with Gasteiger partial charge in [0.05, 0.1) is 23.2 Å². The van der Waals surface area contributed by atoms with Crippen LogP contribution >= 0.6 is 0 Å². The summed E-state index contributed by atoms with van der Waals surface area (Å²) in [5.41, 5.74) is -0.471. The summed E-state index contributed by atoms with van der Waals surface area (Å²) in [5, 5.41) is 0. The predicted octanol–water partition coefficient (Wildman–Crippen LogP) is 4.20. The van der Waals surface area contributed by atoms with Crippen LogP contribution in [0.15, 0.2) is 29.2 Å². The fraction of sp³-hybridized carbons (Fsp3) is 0.696. The fourth-order valence-corrected chi connectivity index (χ4v) is 4.65. The third kappa shape index (κ3) is 7.38. The summed E-state index contributed by atoms with van der Waals surface area (Å²) in [6.45, 7) is 6.98. The second kappa shape index (κ2) is 9.77. The molecule has 1 saturated heterocycles. The molecule has 0 N–H and O–H groups in total. The first-order valence-corrected chi connectivity index (χ1v) is 13.0. The third-order valence-electron chi connectivity index (χ3n) is 5.65. The summed E-state index contributed by atoms with van der Waals surface area (Å²) < 4.78 is 40.9. The van der Waals surface area contributed by atoms with E-state index in [0.717, 1.165) is 38.5 Å². The zero-order chi connectivity index (χ0) is 22.6. The molecular weight excluding hydrogens is 418 g/mol. The lowest BCUT2D eigenvalue weighted by Gasteiger charge is -2.36. The first-order valence-electron chi connectivity index (χ1n) is 11.1. The summed E-state index contributed by atoms with van der Waals surface area (Å²) >= 11 is 0. The number of sulfone groups is 1. The van der Waals surface area contributed by atoms with Gasteiger partial charge in [-0.05, 0) is 83.6 Å². The lowest BCUT2D eigenvalue weighted by atomic mass is 9.94. The molecule has 31 heavy (non-hydrogen) atoms. The Kier molecular flexibility index (Phi) is 7.52. The highest BCUT2D eigenvalue weighted by Gasteiger charge is 2.30. The highest BCUT2D eigenvalue weighted by Crippen LogP contribution is 2.28. The van der Waals surface area contributed by atoms with Gasteiger partial charge in [-0.2, -0.15) is 0 Å². The SMILES string of the molecule is CC(C)(C)OC(=O)N1CCC(O[C@H]2CC[C@H](Oc3ccc(S(C)(=O)=O)cc3)CC2)CC1. The maximum absolute atomic E-state index is 12.2. The molecule has 3 rings (SSSR count). The molecule has 8 heteroatoms. The average molecular weight is 454 g/mol. The van der Waals surface area contributed by atoms with E-state index in [0.29, 0.717) is 23.7 Å². The Labute approximate surface area is 186 Å². The van der Waals surface area contributed by atoms with Gasteiger partial charge in [0.15, 0.2) is 9.84 Å². The second-order valence-electron chi connectivity index (χ2n) is 9.56. The largest absolute Gasteiger partial charge is 0.490 e. The van der Waals surface area contributed by atoms with E-state index in [1.54, 1.807) is 29.2 Å². The van der Waals surface area contributed by atoms with Gasteiger partial charge in [-0.15, -0.1) is 0 Å². The lowest BCUT2D eigenvalue weighted by molar-refractivity contribution is -0.0675. The first-order chi connectivity index (χ1) is 14.5. The van der Waals surface area contributed by atoms with Gasteiger partial charge in [-0.1, -0.05) is 0 Å². The number of likely N-dealkylation sites (tertiary alicyclic amines) is 1. The molecule has 7 nitrogen and oxygen atoms in total. The van der Waals surface area contributed by atoms with Crippen LogP contribution in [0.2, 0.25) is 0 Å². The van der Waals surface area contributed by atoms with Gasteiger partial charge in [0, 0.05) is 19.3 Å². The van der Waals surface area contributed by atoms with Crippen LogP contribution in [0.5, 0.6) is 5.75 Å². The van der Waals surface area contributed by atoms with Crippen molar-refractivity contribution < 1.29 is 27.4 Å². The smallest absolute Gasteiger partial charge is 0.410 e. The fourth-order valence-electron chi connectivity index (χ4n) is 4.02. The van der Waals surface area contributed by atoms with Crippen molar-refractivity contribution in [2.45, 2.75) is 88.1 Å². The Morgan fingerprint density at radius 3 is 1.94 bits per heavy atom. The number of rotatable bonds is 5. The summed E-state index contributed by atoms with van der Waals surface area (Å²) in [6.07, 6.45) is 6.87. The molecule has 1 aliphatic carbocycles. The van der Waals surface area contributed by atoms with Gasteiger partial charge in [0.1, 0.15) is 11.4 Å². The molecule has 174 valence electrons. The van der Waals surface area contributed by atoms with Crippen LogP contribution < -0.4 is 4.74 Å². The molecule has 1 saturated carbocycles. The molecule has 0 bridgehead atoms. The van der Waals surface area contributed by atoms with E-state index in [9.17, 15) is 13.2 Å².